The zero-order valence-corrected chi connectivity index (χ0v) is 15.8. The lowest BCUT2D eigenvalue weighted by Gasteiger charge is -2.20. The topological polar surface area (TPSA) is 32.5 Å². The first kappa shape index (κ1) is 17.6. The van der Waals surface area contributed by atoms with E-state index in [2.05, 4.69) is 43.7 Å². The van der Waals surface area contributed by atoms with Crippen LogP contribution in [0.1, 0.15) is 31.4 Å². The van der Waals surface area contributed by atoms with E-state index in [-0.39, 0.29) is 11.2 Å². The van der Waals surface area contributed by atoms with Crippen LogP contribution in [0.25, 0.3) is 6.08 Å². The molecule has 0 aliphatic carbocycles. The molecule has 3 rings (SSSR count). The summed E-state index contributed by atoms with van der Waals surface area (Å²) in [6, 6.07) is 11.4. The molecule has 1 atom stereocenters. The Balaban J connectivity index is 2.03. The number of methoxy groups -OCH3 is 1. The molecule has 0 saturated carbocycles. The Kier molecular flexibility index (Phi) is 4.61. The van der Waals surface area contributed by atoms with Crippen LogP contribution in [0, 0.1) is 0 Å². The number of hydrogen-bond acceptors (Lipinski definition) is 2. The van der Waals surface area contributed by atoms with Gasteiger partial charge in [-0.05, 0) is 43.7 Å². The minimum Gasteiger partial charge on any atom is -0.507 e. The Labute approximate surface area is 153 Å². The van der Waals surface area contributed by atoms with Crippen molar-refractivity contribution in [2.24, 2.45) is 0 Å². The van der Waals surface area contributed by atoms with Crippen molar-refractivity contribution in [1.82, 2.24) is 0 Å². The van der Waals surface area contributed by atoms with Crippen LogP contribution in [0.15, 0.2) is 42.5 Å². The molecule has 0 bridgehead atoms. The van der Waals surface area contributed by atoms with E-state index in [0.29, 0.717) is 5.75 Å². The van der Waals surface area contributed by atoms with Gasteiger partial charge in [-0.25, -0.2) is 0 Å². The molecule has 0 aromatic heterocycles. The van der Waals surface area contributed by atoms with Gasteiger partial charge in [-0.3, -0.25) is 0 Å². The highest BCUT2D eigenvalue weighted by molar-refractivity contribution is 6.30. The molecule has 1 aliphatic heterocycles. The number of nitrogens with zero attached hydrogens (tertiary/aromatic N) is 1. The van der Waals surface area contributed by atoms with Crippen LogP contribution in [0.3, 0.4) is 0 Å². The highest BCUT2D eigenvalue weighted by Crippen LogP contribution is 2.43. The quantitative estimate of drug-likeness (QED) is 0.767. The van der Waals surface area contributed by atoms with Crippen LogP contribution in [-0.2, 0) is 5.41 Å². The Morgan fingerprint density at radius 2 is 1.96 bits per heavy atom. The van der Waals surface area contributed by atoms with Gasteiger partial charge >= 0.3 is 0 Å². The molecule has 0 amide bonds. The summed E-state index contributed by atoms with van der Waals surface area (Å²) in [4.78, 5) is 0. The predicted octanol–water partition coefficient (Wildman–Crippen LogP) is 5.16. The van der Waals surface area contributed by atoms with E-state index >= 15 is 0 Å². The van der Waals surface area contributed by atoms with Gasteiger partial charge in [0.2, 0.25) is 5.69 Å². The van der Waals surface area contributed by atoms with Gasteiger partial charge in [0, 0.05) is 34.4 Å². The first-order valence-corrected chi connectivity index (χ1v) is 8.74. The fourth-order valence-corrected chi connectivity index (χ4v) is 3.68. The lowest BCUT2D eigenvalue weighted by atomic mass is 9.77. The van der Waals surface area contributed by atoms with E-state index in [0.717, 1.165) is 17.0 Å². The molecule has 1 aliphatic rings. The molecule has 0 fully saturated rings. The lowest BCUT2D eigenvalue weighted by Crippen LogP contribution is -2.29. The Morgan fingerprint density at radius 1 is 1.20 bits per heavy atom. The molecular formula is C21H23ClNO2+. The second-order valence-corrected chi connectivity index (χ2v) is 6.99. The number of hydrogen-bond donors (Lipinski definition) is 1. The van der Waals surface area contributed by atoms with E-state index in [9.17, 15) is 5.11 Å². The molecule has 130 valence electrons. The summed E-state index contributed by atoms with van der Waals surface area (Å²) in [5.41, 5.74) is 4.24. The number of allylic oxidation sites excluding steroid dienone is 1. The number of halogens is 1. The summed E-state index contributed by atoms with van der Waals surface area (Å²) in [7, 11) is 3.66. The second-order valence-electron chi connectivity index (χ2n) is 6.55. The average Bonchev–Trinajstić information content (AvgIpc) is 2.81. The highest BCUT2D eigenvalue weighted by atomic mass is 35.5. The first-order chi connectivity index (χ1) is 11.9. The zero-order chi connectivity index (χ0) is 18.2. The molecule has 0 spiro atoms. The smallest absolute Gasteiger partial charge is 0.209 e. The van der Waals surface area contributed by atoms with Crippen molar-refractivity contribution >= 4 is 29.1 Å². The van der Waals surface area contributed by atoms with Gasteiger partial charge in [0.15, 0.2) is 5.71 Å². The molecule has 1 heterocycles. The van der Waals surface area contributed by atoms with E-state index in [4.69, 9.17) is 16.3 Å². The van der Waals surface area contributed by atoms with Gasteiger partial charge in [-0.2, -0.15) is 4.58 Å². The second kappa shape index (κ2) is 6.57. The van der Waals surface area contributed by atoms with Gasteiger partial charge in [0.05, 0.1) is 12.5 Å². The molecule has 1 unspecified atom stereocenters. The maximum Gasteiger partial charge on any atom is 0.209 e. The number of rotatable bonds is 4. The van der Waals surface area contributed by atoms with Crippen LogP contribution in [0.4, 0.5) is 5.69 Å². The van der Waals surface area contributed by atoms with Gasteiger partial charge in [0.25, 0.3) is 0 Å². The molecule has 2 aromatic carbocycles. The Hall–Kier alpha value is -2.26. The van der Waals surface area contributed by atoms with Crippen molar-refractivity contribution in [3.63, 3.8) is 0 Å². The maximum atomic E-state index is 10.2. The summed E-state index contributed by atoms with van der Waals surface area (Å²) in [6.07, 6.45) is 4.99. The van der Waals surface area contributed by atoms with Gasteiger partial charge < -0.3 is 9.84 Å². The average molecular weight is 357 g/mol. The third-order valence-corrected chi connectivity index (χ3v) is 5.44. The third-order valence-electron chi connectivity index (χ3n) is 5.21. The minimum absolute atomic E-state index is 0.117. The highest BCUT2D eigenvalue weighted by Gasteiger charge is 2.45. The number of fused-ring (bicyclic) bond motifs is 1. The van der Waals surface area contributed by atoms with Gasteiger partial charge in [0.1, 0.15) is 18.5 Å². The molecule has 25 heavy (non-hydrogen) atoms. The third kappa shape index (κ3) is 2.93. The lowest BCUT2D eigenvalue weighted by molar-refractivity contribution is -0.401. The molecule has 0 radical (unpaired) electrons. The first-order valence-electron chi connectivity index (χ1n) is 8.37. The molecule has 4 heteroatoms. The summed E-state index contributed by atoms with van der Waals surface area (Å²) in [5.74, 6) is 0.844. The fraction of sp³-hybridized carbons (Fsp3) is 0.286. The molecule has 0 saturated heterocycles. The largest absolute Gasteiger partial charge is 0.507 e. The molecule has 1 N–H and O–H groups in total. The van der Waals surface area contributed by atoms with Crippen LogP contribution < -0.4 is 4.74 Å². The van der Waals surface area contributed by atoms with Crippen molar-refractivity contribution in [2.45, 2.75) is 25.7 Å². The number of aromatic hydroxyl groups is 1. The monoisotopic (exact) mass is 356 g/mol. The van der Waals surface area contributed by atoms with Crippen LogP contribution in [-0.4, -0.2) is 29.6 Å². The summed E-state index contributed by atoms with van der Waals surface area (Å²) in [6.45, 7) is 4.42. The van der Waals surface area contributed by atoms with Crippen LogP contribution in [0.5, 0.6) is 11.5 Å². The summed E-state index contributed by atoms with van der Waals surface area (Å²) < 4.78 is 7.34. The zero-order valence-electron chi connectivity index (χ0n) is 15.0. The normalized spacial score (nSPS) is 19.6. The summed E-state index contributed by atoms with van der Waals surface area (Å²) in [5, 5.41) is 10.9. The molecule has 2 aromatic rings. The van der Waals surface area contributed by atoms with E-state index < -0.39 is 0 Å². The van der Waals surface area contributed by atoms with Crippen molar-refractivity contribution in [1.29, 1.82) is 0 Å². The van der Waals surface area contributed by atoms with Crippen LogP contribution in [0.2, 0.25) is 5.02 Å². The molecule has 3 nitrogen and oxygen atoms in total. The van der Waals surface area contributed by atoms with Gasteiger partial charge in [-0.15, -0.1) is 0 Å². The Morgan fingerprint density at radius 3 is 2.60 bits per heavy atom. The predicted molar refractivity (Wildman–Crippen MR) is 104 cm³/mol. The SMILES string of the molecule is CCC1(C)C(/C=C/c2ccc(OC)cc2O)=[N+](C)c2ccc(Cl)cc21. The van der Waals surface area contributed by atoms with Crippen molar-refractivity contribution < 1.29 is 14.4 Å². The van der Waals surface area contributed by atoms with E-state index in [1.807, 2.05) is 24.3 Å². The van der Waals surface area contributed by atoms with E-state index in [1.165, 1.54) is 17.0 Å². The standard InChI is InChI=1S/C21H22ClNO2/c1-5-21(2)17-12-15(22)8-10-18(17)23(3)20(21)11-7-14-6-9-16(25-4)13-19(14)24/h6-13H,5H2,1-4H3/p+1. The Bertz CT molecular complexity index is 885. The number of phenols is 1. The number of phenolic OH excluding ortho intramolecular Hbond substituents is 1. The molecular weight excluding hydrogens is 334 g/mol. The maximum absolute atomic E-state index is 10.2. The fourth-order valence-electron chi connectivity index (χ4n) is 3.51. The van der Waals surface area contributed by atoms with Crippen LogP contribution >= 0.6 is 11.6 Å². The van der Waals surface area contributed by atoms with Crippen molar-refractivity contribution in [2.75, 3.05) is 14.2 Å². The number of benzene rings is 2. The number of ether oxygens (including phenoxy) is 1. The van der Waals surface area contributed by atoms with Crippen molar-refractivity contribution in [3.05, 3.63) is 58.6 Å². The minimum atomic E-state index is -0.117. The van der Waals surface area contributed by atoms with Gasteiger partial charge in [-0.1, -0.05) is 18.5 Å². The van der Waals surface area contributed by atoms with Crippen molar-refractivity contribution in [3.8, 4) is 11.5 Å². The van der Waals surface area contributed by atoms with E-state index in [1.54, 1.807) is 13.2 Å². The summed E-state index contributed by atoms with van der Waals surface area (Å²) >= 11 is 6.23.